The van der Waals surface area contributed by atoms with Gasteiger partial charge in [0.05, 0.1) is 0 Å². The summed E-state index contributed by atoms with van der Waals surface area (Å²) in [7, 11) is 0. The highest BCUT2D eigenvalue weighted by Gasteiger charge is 2.29. The maximum Gasteiger partial charge on any atom is 0.138 e. The number of ketones is 2. The lowest BCUT2D eigenvalue weighted by Gasteiger charge is -2.27. The van der Waals surface area contributed by atoms with Gasteiger partial charge >= 0.3 is 0 Å². The largest absolute Gasteiger partial charge is 0.299 e. The SMILES string of the molecule is CCC(=O)[C@H]1CC[C@@H](C(=O)C(C)C)CC1. The molecule has 1 rings (SSSR count). The predicted octanol–water partition coefficient (Wildman–Crippen LogP) is 3.00. The summed E-state index contributed by atoms with van der Waals surface area (Å²) in [6.07, 6.45) is 4.35. The molecule has 86 valence electrons. The molecule has 0 aromatic carbocycles. The van der Waals surface area contributed by atoms with Crippen molar-refractivity contribution in [2.45, 2.75) is 52.9 Å². The minimum Gasteiger partial charge on any atom is -0.299 e. The van der Waals surface area contributed by atoms with Gasteiger partial charge in [-0.2, -0.15) is 0 Å². The molecule has 2 heteroatoms. The van der Waals surface area contributed by atoms with Gasteiger partial charge in [-0.1, -0.05) is 20.8 Å². The van der Waals surface area contributed by atoms with Gasteiger partial charge in [-0.15, -0.1) is 0 Å². The fraction of sp³-hybridized carbons (Fsp3) is 0.846. The monoisotopic (exact) mass is 210 g/mol. The third kappa shape index (κ3) is 3.15. The Morgan fingerprint density at radius 1 is 1.07 bits per heavy atom. The second-order valence-corrected chi connectivity index (χ2v) is 4.93. The lowest BCUT2D eigenvalue weighted by molar-refractivity contribution is -0.129. The average Bonchev–Trinajstić information content (AvgIpc) is 2.27. The molecule has 0 unspecified atom stereocenters. The minimum absolute atomic E-state index is 0.147. The summed E-state index contributed by atoms with van der Waals surface area (Å²) in [5, 5.41) is 0. The van der Waals surface area contributed by atoms with Crippen LogP contribution in [0.25, 0.3) is 0 Å². The van der Waals surface area contributed by atoms with Crippen LogP contribution in [-0.4, -0.2) is 11.6 Å². The summed E-state index contributed by atoms with van der Waals surface area (Å²) < 4.78 is 0. The molecule has 0 spiro atoms. The van der Waals surface area contributed by atoms with Crippen molar-refractivity contribution in [3.05, 3.63) is 0 Å². The predicted molar refractivity (Wildman–Crippen MR) is 60.6 cm³/mol. The molecule has 1 fully saturated rings. The first kappa shape index (κ1) is 12.4. The van der Waals surface area contributed by atoms with Crippen LogP contribution in [0.4, 0.5) is 0 Å². The molecule has 0 N–H and O–H groups in total. The molecule has 0 atom stereocenters. The molecule has 0 heterocycles. The number of carbonyl (C=O) groups excluding carboxylic acids is 2. The quantitative estimate of drug-likeness (QED) is 0.714. The molecule has 1 aliphatic rings. The number of Topliss-reactive ketones (excluding diaryl/α,β-unsaturated/α-hetero) is 2. The molecule has 1 saturated carbocycles. The molecular weight excluding hydrogens is 188 g/mol. The van der Waals surface area contributed by atoms with Crippen molar-refractivity contribution in [3.8, 4) is 0 Å². The van der Waals surface area contributed by atoms with E-state index in [1.54, 1.807) is 0 Å². The van der Waals surface area contributed by atoms with E-state index in [1.165, 1.54) is 0 Å². The van der Waals surface area contributed by atoms with Crippen LogP contribution in [0.3, 0.4) is 0 Å². The first-order valence-corrected chi connectivity index (χ1v) is 6.12. The Morgan fingerprint density at radius 3 is 1.93 bits per heavy atom. The van der Waals surface area contributed by atoms with Crippen LogP contribution in [-0.2, 0) is 9.59 Å². The maximum atomic E-state index is 11.8. The van der Waals surface area contributed by atoms with Crippen LogP contribution in [0.2, 0.25) is 0 Å². The summed E-state index contributed by atoms with van der Waals surface area (Å²) in [6, 6.07) is 0. The standard InChI is InChI=1S/C13H22O2/c1-4-12(14)10-5-7-11(8-6-10)13(15)9(2)3/h9-11H,4-8H2,1-3H3/t10-,11+. The van der Waals surface area contributed by atoms with Crippen molar-refractivity contribution in [2.75, 3.05) is 0 Å². The molecule has 15 heavy (non-hydrogen) atoms. The zero-order valence-electron chi connectivity index (χ0n) is 10.1. The molecule has 0 aromatic rings. The van der Waals surface area contributed by atoms with E-state index in [2.05, 4.69) is 0 Å². The lowest BCUT2D eigenvalue weighted by atomic mass is 9.76. The number of carbonyl (C=O) groups is 2. The minimum atomic E-state index is 0.147. The van der Waals surface area contributed by atoms with Crippen molar-refractivity contribution in [2.24, 2.45) is 17.8 Å². The van der Waals surface area contributed by atoms with E-state index < -0.39 is 0 Å². The van der Waals surface area contributed by atoms with E-state index in [1.807, 2.05) is 20.8 Å². The fourth-order valence-electron chi connectivity index (χ4n) is 2.46. The van der Waals surface area contributed by atoms with Crippen LogP contribution in [0.15, 0.2) is 0 Å². The normalized spacial score (nSPS) is 26.7. The molecule has 0 radical (unpaired) electrons. The van der Waals surface area contributed by atoms with Gasteiger partial charge in [0.2, 0.25) is 0 Å². The molecule has 0 aliphatic heterocycles. The van der Waals surface area contributed by atoms with Gasteiger partial charge in [0, 0.05) is 24.2 Å². The van der Waals surface area contributed by atoms with E-state index in [4.69, 9.17) is 0 Å². The van der Waals surface area contributed by atoms with Crippen molar-refractivity contribution >= 4 is 11.6 Å². The van der Waals surface area contributed by atoms with E-state index in [-0.39, 0.29) is 17.8 Å². The summed E-state index contributed by atoms with van der Waals surface area (Å²) >= 11 is 0. The van der Waals surface area contributed by atoms with E-state index >= 15 is 0 Å². The Morgan fingerprint density at radius 2 is 1.53 bits per heavy atom. The first-order valence-electron chi connectivity index (χ1n) is 6.12. The van der Waals surface area contributed by atoms with Crippen molar-refractivity contribution in [1.82, 2.24) is 0 Å². The first-order chi connectivity index (χ1) is 7.06. The van der Waals surface area contributed by atoms with Crippen molar-refractivity contribution in [1.29, 1.82) is 0 Å². The molecule has 0 amide bonds. The third-order valence-corrected chi connectivity index (χ3v) is 3.50. The van der Waals surface area contributed by atoms with Gasteiger partial charge in [0.25, 0.3) is 0 Å². The van der Waals surface area contributed by atoms with Gasteiger partial charge in [-0.05, 0) is 25.7 Å². The van der Waals surface area contributed by atoms with Crippen LogP contribution >= 0.6 is 0 Å². The second kappa shape index (κ2) is 5.43. The summed E-state index contributed by atoms with van der Waals surface area (Å²) in [4.78, 5) is 23.3. The molecule has 0 saturated heterocycles. The summed E-state index contributed by atoms with van der Waals surface area (Å²) in [5.41, 5.74) is 0. The Bertz CT molecular complexity index is 235. The Hall–Kier alpha value is -0.660. The third-order valence-electron chi connectivity index (χ3n) is 3.50. The molecule has 0 bridgehead atoms. The highest BCUT2D eigenvalue weighted by molar-refractivity contribution is 5.84. The van der Waals surface area contributed by atoms with Crippen LogP contribution in [0.1, 0.15) is 52.9 Å². The molecular formula is C13H22O2. The van der Waals surface area contributed by atoms with Gasteiger partial charge in [-0.25, -0.2) is 0 Å². The van der Waals surface area contributed by atoms with Gasteiger partial charge in [-0.3, -0.25) is 9.59 Å². The highest BCUT2D eigenvalue weighted by Crippen LogP contribution is 2.31. The Kier molecular flexibility index (Phi) is 4.49. The van der Waals surface area contributed by atoms with Gasteiger partial charge < -0.3 is 0 Å². The smallest absolute Gasteiger partial charge is 0.138 e. The molecule has 1 aliphatic carbocycles. The van der Waals surface area contributed by atoms with Crippen LogP contribution < -0.4 is 0 Å². The fourth-order valence-corrected chi connectivity index (χ4v) is 2.46. The van der Waals surface area contributed by atoms with Crippen molar-refractivity contribution < 1.29 is 9.59 Å². The van der Waals surface area contributed by atoms with Crippen LogP contribution in [0, 0.1) is 17.8 Å². The van der Waals surface area contributed by atoms with Crippen LogP contribution in [0.5, 0.6) is 0 Å². The van der Waals surface area contributed by atoms with Crippen molar-refractivity contribution in [3.63, 3.8) is 0 Å². The Balaban J connectivity index is 2.42. The van der Waals surface area contributed by atoms with E-state index in [0.29, 0.717) is 18.0 Å². The molecule has 2 nitrogen and oxygen atoms in total. The highest BCUT2D eigenvalue weighted by atomic mass is 16.1. The van der Waals surface area contributed by atoms with Gasteiger partial charge in [0.15, 0.2) is 0 Å². The number of rotatable bonds is 4. The van der Waals surface area contributed by atoms with E-state index in [9.17, 15) is 9.59 Å². The summed E-state index contributed by atoms with van der Waals surface area (Å²) in [6.45, 7) is 5.85. The topological polar surface area (TPSA) is 34.1 Å². The lowest BCUT2D eigenvalue weighted by Crippen LogP contribution is -2.27. The average molecular weight is 210 g/mol. The second-order valence-electron chi connectivity index (χ2n) is 4.93. The van der Waals surface area contributed by atoms with E-state index in [0.717, 1.165) is 25.7 Å². The molecule has 0 aromatic heterocycles. The maximum absolute atomic E-state index is 11.8. The van der Waals surface area contributed by atoms with Gasteiger partial charge in [0.1, 0.15) is 11.6 Å². The zero-order valence-corrected chi connectivity index (χ0v) is 10.1. The number of hydrogen-bond donors (Lipinski definition) is 0. The Labute approximate surface area is 92.4 Å². The zero-order chi connectivity index (χ0) is 11.4. The summed E-state index contributed by atoms with van der Waals surface area (Å²) in [5.74, 6) is 1.38. The number of hydrogen-bond acceptors (Lipinski definition) is 2.